The molecule has 0 N–H and O–H groups in total. The molecule has 23 heavy (non-hydrogen) atoms. The van der Waals surface area contributed by atoms with Crippen molar-refractivity contribution in [2.45, 2.75) is 6.42 Å². The number of aromatic nitrogens is 2. The summed E-state index contributed by atoms with van der Waals surface area (Å²) in [5.74, 6) is -0.378. The lowest BCUT2D eigenvalue weighted by atomic mass is 10.1. The van der Waals surface area contributed by atoms with Gasteiger partial charge in [-0.2, -0.15) is 0 Å². The Bertz CT molecular complexity index is 927. The van der Waals surface area contributed by atoms with E-state index in [0.29, 0.717) is 17.7 Å². The molecule has 1 aromatic heterocycles. The molecule has 2 aromatic carbocycles. The summed E-state index contributed by atoms with van der Waals surface area (Å²) in [6, 6.07) is 14.5. The Labute approximate surface area is 133 Å². The third kappa shape index (κ3) is 2.85. The number of methoxy groups -OCH3 is 1. The third-order valence-corrected chi connectivity index (χ3v) is 3.80. The second-order valence-electron chi connectivity index (χ2n) is 5.28. The highest BCUT2D eigenvalue weighted by Crippen LogP contribution is 2.12. The molecule has 116 valence electrons. The van der Waals surface area contributed by atoms with Crippen molar-refractivity contribution in [1.29, 1.82) is 0 Å². The van der Waals surface area contributed by atoms with Crippen molar-refractivity contribution in [1.82, 2.24) is 9.55 Å². The number of para-hydroxylation sites is 2. The summed E-state index contributed by atoms with van der Waals surface area (Å²) in [5, 5.41) is 0. The fourth-order valence-corrected chi connectivity index (χ4v) is 2.52. The highest BCUT2D eigenvalue weighted by Gasteiger charge is 2.10. The van der Waals surface area contributed by atoms with Crippen LogP contribution in [0.5, 0.6) is 0 Å². The highest BCUT2D eigenvalue weighted by molar-refractivity contribution is 5.89. The number of hydrogen-bond donors (Lipinski definition) is 0. The Morgan fingerprint density at radius 3 is 2.52 bits per heavy atom. The molecule has 0 unspecified atom stereocenters. The molecule has 0 bridgehead atoms. The molecule has 0 aliphatic heterocycles. The summed E-state index contributed by atoms with van der Waals surface area (Å²) >= 11 is 0. The SMILES string of the molecule is COC(=O)c1ccc(Cc2nc3ccccc3n(C)c2=O)cc1. The second-order valence-corrected chi connectivity index (χ2v) is 5.28. The number of esters is 1. The van der Waals surface area contributed by atoms with Crippen LogP contribution in [0.15, 0.2) is 53.3 Å². The number of nitrogens with zero attached hydrogens (tertiary/aromatic N) is 2. The minimum Gasteiger partial charge on any atom is -0.465 e. The highest BCUT2D eigenvalue weighted by atomic mass is 16.5. The van der Waals surface area contributed by atoms with Crippen LogP contribution in [0.1, 0.15) is 21.6 Å². The first-order valence-corrected chi connectivity index (χ1v) is 7.22. The molecule has 0 atom stereocenters. The molecule has 5 heteroatoms. The van der Waals surface area contributed by atoms with Crippen LogP contribution in [-0.4, -0.2) is 22.6 Å². The van der Waals surface area contributed by atoms with Gasteiger partial charge in [0.2, 0.25) is 0 Å². The Hall–Kier alpha value is -2.95. The van der Waals surface area contributed by atoms with Crippen LogP contribution in [0, 0.1) is 0 Å². The summed E-state index contributed by atoms with van der Waals surface area (Å²) in [5.41, 5.74) is 3.36. The minimum atomic E-state index is -0.378. The van der Waals surface area contributed by atoms with Gasteiger partial charge in [-0.1, -0.05) is 24.3 Å². The average Bonchev–Trinajstić information content (AvgIpc) is 2.59. The van der Waals surface area contributed by atoms with Gasteiger partial charge in [0.1, 0.15) is 5.69 Å². The number of aryl methyl sites for hydroxylation is 1. The molecular weight excluding hydrogens is 292 g/mol. The zero-order valence-electron chi connectivity index (χ0n) is 12.9. The smallest absolute Gasteiger partial charge is 0.337 e. The summed E-state index contributed by atoms with van der Waals surface area (Å²) in [4.78, 5) is 28.4. The summed E-state index contributed by atoms with van der Waals surface area (Å²) in [6.45, 7) is 0. The average molecular weight is 308 g/mol. The van der Waals surface area contributed by atoms with Crippen molar-refractivity contribution in [3.63, 3.8) is 0 Å². The zero-order chi connectivity index (χ0) is 16.4. The van der Waals surface area contributed by atoms with Crippen LogP contribution < -0.4 is 5.56 Å². The van der Waals surface area contributed by atoms with Crippen LogP contribution in [0.2, 0.25) is 0 Å². The van der Waals surface area contributed by atoms with Crippen LogP contribution >= 0.6 is 0 Å². The normalized spacial score (nSPS) is 10.7. The molecule has 1 heterocycles. The van der Waals surface area contributed by atoms with Gasteiger partial charge in [0.25, 0.3) is 5.56 Å². The predicted octanol–water partition coefficient (Wildman–Crippen LogP) is 2.31. The van der Waals surface area contributed by atoms with Crippen molar-refractivity contribution in [2.75, 3.05) is 7.11 Å². The lowest BCUT2D eigenvalue weighted by molar-refractivity contribution is 0.0600. The molecule has 5 nitrogen and oxygen atoms in total. The third-order valence-electron chi connectivity index (χ3n) is 3.80. The van der Waals surface area contributed by atoms with Gasteiger partial charge in [-0.3, -0.25) is 4.79 Å². The molecule has 0 radical (unpaired) electrons. The number of hydrogen-bond acceptors (Lipinski definition) is 4. The van der Waals surface area contributed by atoms with Crippen molar-refractivity contribution in [3.8, 4) is 0 Å². The molecule has 0 saturated heterocycles. The van der Waals surface area contributed by atoms with E-state index in [0.717, 1.165) is 16.6 Å². The van der Waals surface area contributed by atoms with Gasteiger partial charge in [0.15, 0.2) is 0 Å². The van der Waals surface area contributed by atoms with E-state index in [2.05, 4.69) is 9.72 Å². The van der Waals surface area contributed by atoms with E-state index in [4.69, 9.17) is 0 Å². The van der Waals surface area contributed by atoms with Gasteiger partial charge in [0, 0.05) is 13.5 Å². The predicted molar refractivity (Wildman–Crippen MR) is 87.6 cm³/mol. The van der Waals surface area contributed by atoms with Gasteiger partial charge in [-0.05, 0) is 29.8 Å². The first-order valence-electron chi connectivity index (χ1n) is 7.22. The molecule has 0 fully saturated rings. The molecular formula is C18H16N2O3. The molecule has 3 rings (SSSR count). The summed E-state index contributed by atoms with van der Waals surface area (Å²) in [7, 11) is 3.09. The standard InChI is InChI=1S/C18H16N2O3/c1-20-16-6-4-3-5-14(16)19-15(17(20)21)11-12-7-9-13(10-8-12)18(22)23-2/h3-10H,11H2,1-2H3. The van der Waals surface area contributed by atoms with Gasteiger partial charge < -0.3 is 9.30 Å². The van der Waals surface area contributed by atoms with E-state index in [1.54, 1.807) is 23.7 Å². The van der Waals surface area contributed by atoms with Gasteiger partial charge in [0.05, 0.1) is 23.7 Å². The molecule has 0 aliphatic rings. The first-order chi connectivity index (χ1) is 11.1. The van der Waals surface area contributed by atoms with Crippen molar-refractivity contribution in [2.24, 2.45) is 7.05 Å². The van der Waals surface area contributed by atoms with Crippen LogP contribution in [0.3, 0.4) is 0 Å². The van der Waals surface area contributed by atoms with E-state index in [9.17, 15) is 9.59 Å². The molecule has 3 aromatic rings. The van der Waals surface area contributed by atoms with Gasteiger partial charge >= 0.3 is 5.97 Å². The van der Waals surface area contributed by atoms with E-state index in [1.165, 1.54) is 7.11 Å². The van der Waals surface area contributed by atoms with E-state index >= 15 is 0 Å². The Morgan fingerprint density at radius 2 is 1.83 bits per heavy atom. The maximum atomic E-state index is 12.4. The van der Waals surface area contributed by atoms with E-state index in [-0.39, 0.29) is 11.5 Å². The zero-order valence-corrected chi connectivity index (χ0v) is 12.9. The maximum absolute atomic E-state index is 12.4. The van der Waals surface area contributed by atoms with E-state index < -0.39 is 0 Å². The molecule has 0 spiro atoms. The van der Waals surface area contributed by atoms with E-state index in [1.807, 2.05) is 36.4 Å². The number of carbonyl (C=O) groups excluding carboxylic acids is 1. The van der Waals surface area contributed by atoms with Gasteiger partial charge in [-0.25, -0.2) is 9.78 Å². The topological polar surface area (TPSA) is 61.2 Å². The fraction of sp³-hybridized carbons (Fsp3) is 0.167. The molecule has 0 amide bonds. The number of fused-ring (bicyclic) bond motifs is 1. The van der Waals surface area contributed by atoms with Crippen molar-refractivity contribution in [3.05, 3.63) is 75.7 Å². The van der Waals surface area contributed by atoms with Crippen molar-refractivity contribution >= 4 is 17.0 Å². The quantitative estimate of drug-likeness (QED) is 0.697. The van der Waals surface area contributed by atoms with Crippen LogP contribution in [-0.2, 0) is 18.2 Å². The minimum absolute atomic E-state index is 0.110. The second kappa shape index (κ2) is 6.04. The maximum Gasteiger partial charge on any atom is 0.337 e. The summed E-state index contributed by atoms with van der Waals surface area (Å²) < 4.78 is 6.28. The fourth-order valence-electron chi connectivity index (χ4n) is 2.52. The summed E-state index contributed by atoms with van der Waals surface area (Å²) in [6.07, 6.45) is 0.416. The number of rotatable bonds is 3. The lowest BCUT2D eigenvalue weighted by Gasteiger charge is -2.08. The van der Waals surface area contributed by atoms with Crippen LogP contribution in [0.25, 0.3) is 11.0 Å². The number of benzene rings is 2. The lowest BCUT2D eigenvalue weighted by Crippen LogP contribution is -2.23. The first kappa shape index (κ1) is 15.0. The Balaban J connectivity index is 1.97. The Morgan fingerprint density at radius 1 is 1.13 bits per heavy atom. The van der Waals surface area contributed by atoms with Crippen molar-refractivity contribution < 1.29 is 9.53 Å². The number of ether oxygens (including phenoxy) is 1. The molecule has 0 aliphatic carbocycles. The van der Waals surface area contributed by atoms with Crippen LogP contribution in [0.4, 0.5) is 0 Å². The number of carbonyl (C=O) groups is 1. The largest absolute Gasteiger partial charge is 0.465 e. The monoisotopic (exact) mass is 308 g/mol. The van der Waals surface area contributed by atoms with Gasteiger partial charge in [-0.15, -0.1) is 0 Å². The molecule has 0 saturated carbocycles. The Kier molecular flexibility index (Phi) is 3.93.